The monoisotopic (exact) mass is 304 g/mol. The summed E-state index contributed by atoms with van der Waals surface area (Å²) in [4.78, 5) is 4.72. The molecule has 3 rings (SSSR count). The fourth-order valence-corrected chi connectivity index (χ4v) is 3.67. The predicted octanol–water partition coefficient (Wildman–Crippen LogP) is 2.07. The normalized spacial score (nSPS) is 26.8. The molecule has 22 heavy (non-hydrogen) atoms. The number of likely N-dealkylation sites (N-methyl/N-ethyl adjacent to an activating group) is 1. The molecule has 0 amide bonds. The zero-order valence-electron chi connectivity index (χ0n) is 14.0. The van der Waals surface area contributed by atoms with Crippen molar-refractivity contribution in [3.05, 3.63) is 29.3 Å². The highest BCUT2D eigenvalue weighted by atomic mass is 16.5. The van der Waals surface area contributed by atoms with Crippen LogP contribution in [0.1, 0.15) is 37.0 Å². The molecule has 1 N–H and O–H groups in total. The summed E-state index contributed by atoms with van der Waals surface area (Å²) < 4.78 is 5.93. The summed E-state index contributed by atoms with van der Waals surface area (Å²) in [6, 6.07) is 6.79. The first-order chi connectivity index (χ1) is 10.6. The molecule has 0 saturated carbocycles. The Morgan fingerprint density at radius 3 is 2.73 bits per heavy atom. The number of nitrogens with zero attached hydrogens (tertiary/aromatic N) is 2. The average Bonchev–Trinajstić information content (AvgIpc) is 2.55. The van der Waals surface area contributed by atoms with E-state index in [2.05, 4.69) is 43.0 Å². The van der Waals surface area contributed by atoms with E-state index < -0.39 is 6.10 Å². The molecule has 1 aromatic rings. The number of aliphatic hydroxyl groups excluding tert-OH is 1. The number of rotatable bonds is 3. The Bertz CT molecular complexity index is 512. The average molecular weight is 304 g/mol. The molecule has 4 nitrogen and oxygen atoms in total. The Morgan fingerprint density at radius 2 is 2.05 bits per heavy atom. The SMILES string of the molecule is CCc1ccc2c(c1)C(O)C(N(C)C1CCN(C)CC1)CO2. The molecule has 2 aliphatic rings. The summed E-state index contributed by atoms with van der Waals surface area (Å²) in [5.41, 5.74) is 2.21. The van der Waals surface area contributed by atoms with Crippen LogP contribution in [-0.2, 0) is 6.42 Å². The Hall–Kier alpha value is -1.10. The van der Waals surface area contributed by atoms with Crippen molar-refractivity contribution in [3.63, 3.8) is 0 Å². The van der Waals surface area contributed by atoms with E-state index >= 15 is 0 Å². The molecular formula is C18H28N2O2. The van der Waals surface area contributed by atoms with Crippen LogP contribution < -0.4 is 4.74 Å². The van der Waals surface area contributed by atoms with E-state index in [0.29, 0.717) is 12.6 Å². The largest absolute Gasteiger partial charge is 0.491 e. The van der Waals surface area contributed by atoms with E-state index in [9.17, 15) is 5.11 Å². The smallest absolute Gasteiger partial charge is 0.125 e. The second kappa shape index (κ2) is 6.57. The van der Waals surface area contributed by atoms with Gasteiger partial charge in [-0.1, -0.05) is 13.0 Å². The fraction of sp³-hybridized carbons (Fsp3) is 0.667. The Morgan fingerprint density at radius 1 is 1.32 bits per heavy atom. The third-order valence-corrected chi connectivity index (χ3v) is 5.36. The molecule has 1 fully saturated rings. The van der Waals surface area contributed by atoms with Crippen molar-refractivity contribution in [1.29, 1.82) is 0 Å². The van der Waals surface area contributed by atoms with Gasteiger partial charge in [-0.05, 0) is 64.1 Å². The summed E-state index contributed by atoms with van der Waals surface area (Å²) in [5, 5.41) is 10.9. The van der Waals surface area contributed by atoms with Crippen LogP contribution in [0.2, 0.25) is 0 Å². The first-order valence-electron chi connectivity index (χ1n) is 8.44. The van der Waals surface area contributed by atoms with Gasteiger partial charge in [0, 0.05) is 11.6 Å². The van der Waals surface area contributed by atoms with Crippen molar-refractivity contribution < 1.29 is 9.84 Å². The molecule has 2 heterocycles. The minimum Gasteiger partial charge on any atom is -0.491 e. The quantitative estimate of drug-likeness (QED) is 0.927. The number of aliphatic hydroxyl groups is 1. The van der Waals surface area contributed by atoms with Crippen LogP contribution in [0.4, 0.5) is 0 Å². The maximum absolute atomic E-state index is 10.9. The number of fused-ring (bicyclic) bond motifs is 1. The van der Waals surface area contributed by atoms with Crippen LogP contribution in [0.5, 0.6) is 5.75 Å². The number of likely N-dealkylation sites (tertiary alicyclic amines) is 1. The Kier molecular flexibility index (Phi) is 4.71. The third kappa shape index (κ3) is 3.00. The maximum Gasteiger partial charge on any atom is 0.125 e. The lowest BCUT2D eigenvalue weighted by Gasteiger charge is -2.43. The summed E-state index contributed by atoms with van der Waals surface area (Å²) in [7, 11) is 4.32. The van der Waals surface area contributed by atoms with E-state index in [1.54, 1.807) is 0 Å². The van der Waals surface area contributed by atoms with Gasteiger partial charge in [-0.2, -0.15) is 0 Å². The summed E-state index contributed by atoms with van der Waals surface area (Å²) in [6.07, 6.45) is 2.85. The topological polar surface area (TPSA) is 35.9 Å². The van der Waals surface area contributed by atoms with Gasteiger partial charge in [0.2, 0.25) is 0 Å². The summed E-state index contributed by atoms with van der Waals surface area (Å²) in [5.74, 6) is 0.845. The van der Waals surface area contributed by atoms with Crippen molar-refractivity contribution in [2.24, 2.45) is 0 Å². The Labute approximate surface area is 133 Å². The molecular weight excluding hydrogens is 276 g/mol. The van der Waals surface area contributed by atoms with Gasteiger partial charge in [-0.15, -0.1) is 0 Å². The van der Waals surface area contributed by atoms with E-state index in [-0.39, 0.29) is 6.04 Å². The van der Waals surface area contributed by atoms with Gasteiger partial charge >= 0.3 is 0 Å². The van der Waals surface area contributed by atoms with Gasteiger partial charge in [-0.25, -0.2) is 0 Å². The molecule has 0 bridgehead atoms. The molecule has 122 valence electrons. The first kappa shape index (κ1) is 15.8. The highest BCUT2D eigenvalue weighted by molar-refractivity contribution is 5.41. The van der Waals surface area contributed by atoms with Crippen molar-refractivity contribution >= 4 is 0 Å². The summed E-state index contributed by atoms with van der Waals surface area (Å²) >= 11 is 0. The third-order valence-electron chi connectivity index (χ3n) is 5.36. The van der Waals surface area contributed by atoms with Gasteiger partial charge in [0.25, 0.3) is 0 Å². The zero-order chi connectivity index (χ0) is 15.7. The van der Waals surface area contributed by atoms with Crippen molar-refractivity contribution in [3.8, 4) is 5.75 Å². The number of aryl methyl sites for hydroxylation is 1. The van der Waals surface area contributed by atoms with Gasteiger partial charge in [0.15, 0.2) is 0 Å². The molecule has 0 aliphatic carbocycles. The molecule has 0 aromatic heterocycles. The lowest BCUT2D eigenvalue weighted by Crippen LogP contribution is -2.51. The number of ether oxygens (including phenoxy) is 1. The van der Waals surface area contributed by atoms with E-state index in [4.69, 9.17) is 4.74 Å². The highest BCUT2D eigenvalue weighted by Gasteiger charge is 2.35. The molecule has 1 saturated heterocycles. The van der Waals surface area contributed by atoms with Gasteiger partial charge in [-0.3, -0.25) is 4.90 Å². The van der Waals surface area contributed by atoms with Crippen molar-refractivity contribution in [1.82, 2.24) is 9.80 Å². The van der Waals surface area contributed by atoms with Crippen molar-refractivity contribution in [2.75, 3.05) is 33.8 Å². The van der Waals surface area contributed by atoms with Crippen LogP contribution >= 0.6 is 0 Å². The molecule has 2 aliphatic heterocycles. The minimum atomic E-state index is -0.458. The lowest BCUT2D eigenvalue weighted by atomic mass is 9.93. The van der Waals surface area contributed by atoms with Gasteiger partial charge in [0.05, 0.1) is 6.04 Å². The second-order valence-electron chi connectivity index (χ2n) is 6.75. The van der Waals surface area contributed by atoms with Crippen LogP contribution in [0.3, 0.4) is 0 Å². The van der Waals surface area contributed by atoms with E-state index in [0.717, 1.165) is 43.7 Å². The molecule has 4 heteroatoms. The highest BCUT2D eigenvalue weighted by Crippen LogP contribution is 2.36. The maximum atomic E-state index is 10.9. The van der Waals surface area contributed by atoms with E-state index in [1.807, 2.05) is 6.07 Å². The molecule has 2 unspecified atom stereocenters. The van der Waals surface area contributed by atoms with Crippen molar-refractivity contribution in [2.45, 2.75) is 44.4 Å². The first-order valence-corrected chi connectivity index (χ1v) is 8.44. The standard InChI is InChI=1S/C18H28N2O2/c1-4-13-5-6-17-15(11-13)18(21)16(12-22-17)20(3)14-7-9-19(2)10-8-14/h5-6,11,14,16,18,21H,4,7-10,12H2,1-3H3. The Balaban J connectivity index is 1.75. The number of hydrogen-bond donors (Lipinski definition) is 1. The van der Waals surface area contributed by atoms with Gasteiger partial charge < -0.3 is 14.7 Å². The van der Waals surface area contributed by atoms with Crippen LogP contribution in [0.15, 0.2) is 18.2 Å². The lowest BCUT2D eigenvalue weighted by molar-refractivity contribution is -0.0144. The fourth-order valence-electron chi connectivity index (χ4n) is 3.67. The molecule has 2 atom stereocenters. The predicted molar refractivity (Wildman–Crippen MR) is 88.3 cm³/mol. The summed E-state index contributed by atoms with van der Waals surface area (Å²) in [6.45, 7) is 4.98. The number of benzene rings is 1. The minimum absolute atomic E-state index is 0.0491. The van der Waals surface area contributed by atoms with Crippen LogP contribution in [-0.4, -0.2) is 60.8 Å². The van der Waals surface area contributed by atoms with E-state index in [1.165, 1.54) is 5.56 Å². The molecule has 0 spiro atoms. The molecule has 0 radical (unpaired) electrons. The number of hydrogen-bond acceptors (Lipinski definition) is 4. The zero-order valence-corrected chi connectivity index (χ0v) is 14.0. The van der Waals surface area contributed by atoms with Crippen LogP contribution in [0, 0.1) is 0 Å². The van der Waals surface area contributed by atoms with Crippen LogP contribution in [0.25, 0.3) is 0 Å². The van der Waals surface area contributed by atoms with Gasteiger partial charge in [0.1, 0.15) is 18.5 Å². The molecule has 1 aromatic carbocycles. The number of piperidine rings is 1. The second-order valence-corrected chi connectivity index (χ2v) is 6.75.